The Morgan fingerprint density at radius 2 is 1.66 bits per heavy atom. The lowest BCUT2D eigenvalue weighted by atomic mass is 10.1. The lowest BCUT2D eigenvalue weighted by molar-refractivity contribution is 0.0662. The van der Waals surface area contributed by atoms with Gasteiger partial charge in [0.15, 0.2) is 0 Å². The van der Waals surface area contributed by atoms with Gasteiger partial charge in [-0.1, -0.05) is 6.07 Å². The molecule has 0 spiro atoms. The number of carbonyl (C=O) groups is 1. The van der Waals surface area contributed by atoms with E-state index in [9.17, 15) is 18.0 Å². The largest absolute Gasteiger partial charge is 0.360 e. The number of hydrogen-bond acceptors (Lipinski definition) is 5. The van der Waals surface area contributed by atoms with Gasteiger partial charge in [-0.3, -0.25) is 14.3 Å². The second-order valence-corrected chi connectivity index (χ2v) is 10.00. The molecule has 0 atom stereocenters. The average Bonchev–Trinajstić information content (AvgIpc) is 2.73. The number of fused-ring (bicyclic) bond motifs is 1. The fourth-order valence-electron chi connectivity index (χ4n) is 3.95. The Kier molecular flexibility index (Phi) is 5.79. The number of nitrogens with one attached hydrogen (secondary N) is 2. The molecule has 2 N–H and O–H groups in total. The number of benzene rings is 2. The second-order valence-electron chi connectivity index (χ2n) is 8.32. The molecule has 0 radical (unpaired) electrons. The molecule has 4 rings (SSSR count). The fourth-order valence-corrected chi connectivity index (χ4v) is 5.02. The van der Waals surface area contributed by atoms with Crippen LogP contribution in [0.5, 0.6) is 0 Å². The molecule has 1 aliphatic rings. The molecule has 3 aromatic rings. The van der Waals surface area contributed by atoms with Crippen LogP contribution >= 0.6 is 0 Å². The van der Waals surface area contributed by atoms with Crippen molar-refractivity contribution in [1.29, 1.82) is 0 Å². The van der Waals surface area contributed by atoms with E-state index in [2.05, 4.69) is 14.6 Å². The Morgan fingerprint density at radius 1 is 1.00 bits per heavy atom. The minimum absolute atomic E-state index is 0.0128. The molecule has 8 nitrogen and oxygen atoms in total. The highest BCUT2D eigenvalue weighted by Gasteiger charge is 2.24. The quantitative estimate of drug-likeness (QED) is 0.630. The van der Waals surface area contributed by atoms with Crippen molar-refractivity contribution < 1.29 is 13.2 Å². The highest BCUT2D eigenvalue weighted by Crippen LogP contribution is 2.21. The van der Waals surface area contributed by atoms with Crippen molar-refractivity contribution in [3.05, 3.63) is 69.5 Å². The molecular weight excluding hydrogens is 428 g/mol. The monoisotopic (exact) mass is 454 g/mol. The van der Waals surface area contributed by atoms with E-state index in [-0.39, 0.29) is 21.8 Å². The molecule has 1 amide bonds. The summed E-state index contributed by atoms with van der Waals surface area (Å²) in [6, 6.07) is 9.73. The van der Waals surface area contributed by atoms with Gasteiger partial charge in [-0.15, -0.1) is 0 Å². The topological polar surface area (TPSA) is 103 Å². The number of anilines is 1. The summed E-state index contributed by atoms with van der Waals surface area (Å²) in [7, 11) is -1.93. The molecule has 2 heterocycles. The van der Waals surface area contributed by atoms with Crippen molar-refractivity contribution in [2.75, 3.05) is 37.9 Å². The maximum Gasteiger partial charge on any atom is 0.261 e. The van der Waals surface area contributed by atoms with E-state index in [0.717, 1.165) is 24.2 Å². The lowest BCUT2D eigenvalue weighted by Gasteiger charge is -2.32. The number of nitrogens with zero attached hydrogens (tertiary/aromatic N) is 2. The van der Waals surface area contributed by atoms with Crippen LogP contribution in [-0.2, 0) is 10.0 Å². The molecule has 0 aliphatic carbocycles. The maximum atomic E-state index is 13.1. The van der Waals surface area contributed by atoms with Gasteiger partial charge < -0.3 is 14.8 Å². The Balaban J connectivity index is 1.69. The lowest BCUT2D eigenvalue weighted by Crippen LogP contribution is -2.48. The molecule has 2 aromatic carbocycles. The third kappa shape index (κ3) is 4.39. The van der Waals surface area contributed by atoms with Gasteiger partial charge in [-0.05, 0) is 62.4 Å². The van der Waals surface area contributed by atoms with E-state index < -0.39 is 15.5 Å². The number of aromatic nitrogens is 1. The molecule has 1 aromatic heterocycles. The maximum absolute atomic E-state index is 13.1. The first kappa shape index (κ1) is 22.0. The van der Waals surface area contributed by atoms with E-state index in [0.29, 0.717) is 24.3 Å². The van der Waals surface area contributed by atoms with Crippen LogP contribution in [0.4, 0.5) is 5.69 Å². The van der Waals surface area contributed by atoms with Crippen LogP contribution in [0.25, 0.3) is 10.9 Å². The number of rotatable bonds is 4. The number of carbonyl (C=O) groups excluding carboxylic acids is 1. The number of aryl methyl sites for hydroxylation is 2. The highest BCUT2D eigenvalue weighted by atomic mass is 32.2. The molecular formula is C23H26N4O4S. The summed E-state index contributed by atoms with van der Waals surface area (Å²) in [5, 5.41) is 0.160. The van der Waals surface area contributed by atoms with Gasteiger partial charge in [0.05, 0.1) is 4.90 Å². The van der Waals surface area contributed by atoms with E-state index in [1.165, 1.54) is 24.4 Å². The van der Waals surface area contributed by atoms with E-state index >= 15 is 0 Å². The second kappa shape index (κ2) is 8.40. The van der Waals surface area contributed by atoms with Crippen LogP contribution in [0.1, 0.15) is 21.5 Å². The minimum Gasteiger partial charge on any atom is -0.360 e. The molecule has 1 saturated heterocycles. The molecule has 0 unspecified atom stereocenters. The van der Waals surface area contributed by atoms with Gasteiger partial charge >= 0.3 is 0 Å². The van der Waals surface area contributed by atoms with Crippen molar-refractivity contribution in [3.8, 4) is 0 Å². The number of amides is 1. The Labute approximate surface area is 186 Å². The Hall–Kier alpha value is -3.17. The molecule has 1 aliphatic heterocycles. The van der Waals surface area contributed by atoms with Crippen LogP contribution in [0.15, 0.2) is 52.3 Å². The minimum atomic E-state index is -3.92. The first-order chi connectivity index (χ1) is 15.1. The number of H-pyrrole nitrogens is 1. The van der Waals surface area contributed by atoms with Crippen molar-refractivity contribution >= 4 is 32.5 Å². The van der Waals surface area contributed by atoms with Gasteiger partial charge in [0, 0.05) is 49.0 Å². The molecule has 9 heteroatoms. The summed E-state index contributed by atoms with van der Waals surface area (Å²) in [5.74, 6) is -0.345. The summed E-state index contributed by atoms with van der Waals surface area (Å²) in [6.45, 7) is 6.34. The van der Waals surface area contributed by atoms with Crippen LogP contribution in [0, 0.1) is 13.8 Å². The zero-order valence-electron chi connectivity index (χ0n) is 18.3. The van der Waals surface area contributed by atoms with Gasteiger partial charge in [0.25, 0.3) is 15.9 Å². The van der Waals surface area contributed by atoms with Crippen LogP contribution in [0.2, 0.25) is 0 Å². The number of likely N-dealkylation sites (N-methyl/N-ethyl adjacent to an activating group) is 1. The standard InChI is InChI=1S/C23H26N4O4S/c1-15-10-16(2)12-17(11-15)25-32(30,31)18-4-5-21-19(13-18)22(28)20(14-24-21)23(29)27-8-6-26(3)7-9-27/h4-5,10-14,25H,6-9H2,1-3H3,(H,24,28). The molecule has 168 valence electrons. The van der Waals surface area contributed by atoms with Gasteiger partial charge in [0.1, 0.15) is 5.56 Å². The van der Waals surface area contributed by atoms with Crippen LogP contribution < -0.4 is 10.2 Å². The van der Waals surface area contributed by atoms with E-state index in [4.69, 9.17) is 0 Å². The summed E-state index contributed by atoms with van der Waals surface area (Å²) >= 11 is 0. The number of pyridine rings is 1. The number of aromatic amines is 1. The fraction of sp³-hybridized carbons (Fsp3) is 0.304. The van der Waals surface area contributed by atoms with Crippen molar-refractivity contribution in [2.24, 2.45) is 0 Å². The zero-order valence-corrected chi connectivity index (χ0v) is 19.1. The van der Waals surface area contributed by atoms with Crippen LogP contribution in [-0.4, -0.2) is 62.3 Å². The summed E-state index contributed by atoms with van der Waals surface area (Å²) in [6.07, 6.45) is 1.41. The van der Waals surface area contributed by atoms with Crippen molar-refractivity contribution in [1.82, 2.24) is 14.8 Å². The third-order valence-electron chi connectivity index (χ3n) is 5.66. The SMILES string of the molecule is Cc1cc(C)cc(NS(=O)(=O)c2ccc3[nH]cc(C(=O)N4CCN(C)CC4)c(=O)c3c2)c1. The van der Waals surface area contributed by atoms with E-state index in [1.54, 1.807) is 17.0 Å². The first-order valence-electron chi connectivity index (χ1n) is 10.4. The summed E-state index contributed by atoms with van der Waals surface area (Å²) in [5.41, 5.74) is 2.32. The van der Waals surface area contributed by atoms with Crippen molar-refractivity contribution in [3.63, 3.8) is 0 Å². The summed E-state index contributed by atoms with van der Waals surface area (Å²) < 4.78 is 28.5. The molecule has 0 saturated carbocycles. The van der Waals surface area contributed by atoms with Crippen molar-refractivity contribution in [2.45, 2.75) is 18.7 Å². The molecule has 0 bridgehead atoms. The third-order valence-corrected chi connectivity index (χ3v) is 7.04. The Bertz CT molecular complexity index is 1340. The zero-order chi connectivity index (χ0) is 23.0. The summed E-state index contributed by atoms with van der Waals surface area (Å²) in [4.78, 5) is 32.7. The molecule has 32 heavy (non-hydrogen) atoms. The molecule has 1 fully saturated rings. The van der Waals surface area contributed by atoms with Gasteiger partial charge in [-0.25, -0.2) is 8.42 Å². The van der Waals surface area contributed by atoms with E-state index in [1.807, 2.05) is 27.0 Å². The predicted octanol–water partition coefficient (Wildman–Crippen LogP) is 2.33. The smallest absolute Gasteiger partial charge is 0.261 e. The number of sulfonamides is 1. The highest BCUT2D eigenvalue weighted by molar-refractivity contribution is 7.92. The number of hydrogen-bond donors (Lipinski definition) is 2. The number of piperazine rings is 1. The van der Waals surface area contributed by atoms with Gasteiger partial charge in [0.2, 0.25) is 5.43 Å². The normalized spacial score (nSPS) is 15.2. The van der Waals surface area contributed by atoms with Gasteiger partial charge in [-0.2, -0.15) is 0 Å². The average molecular weight is 455 g/mol. The van der Waals surface area contributed by atoms with Crippen LogP contribution in [0.3, 0.4) is 0 Å². The first-order valence-corrected chi connectivity index (χ1v) is 11.9. The predicted molar refractivity (Wildman–Crippen MR) is 125 cm³/mol. The Morgan fingerprint density at radius 3 is 2.31 bits per heavy atom.